The average Bonchev–Trinajstić information content (AvgIpc) is 3.36. The SMILES string of the molecule is C(=NC1CCCCC1)=NC1CCCCC1.C1CN=C2NCCCN2C1.CC1CCCCC1.CC1CCCCC1.NCCCN1CCCN=C1NC1CCCCC1.NCCCNCCCN. The van der Waals surface area contributed by atoms with Crippen LogP contribution in [0.25, 0.3) is 0 Å². The van der Waals surface area contributed by atoms with Crippen LogP contribution in [-0.4, -0.2) is 124 Å². The van der Waals surface area contributed by atoms with Gasteiger partial charge in [0.05, 0.1) is 18.1 Å². The number of aliphatic imine (C=N–C) groups is 4. The molecule has 378 valence electrons. The molecule has 1 saturated heterocycles. The largest absolute Gasteiger partial charge is 0.356 e. The summed E-state index contributed by atoms with van der Waals surface area (Å²) < 4.78 is 0. The summed E-state index contributed by atoms with van der Waals surface area (Å²) in [7, 11) is 0. The lowest BCUT2D eigenvalue weighted by Gasteiger charge is -2.33. The van der Waals surface area contributed by atoms with Crippen molar-refractivity contribution in [2.24, 2.45) is 49.0 Å². The lowest BCUT2D eigenvalue weighted by Crippen LogP contribution is -2.49. The van der Waals surface area contributed by atoms with Crippen LogP contribution in [0.4, 0.5) is 0 Å². The number of nitrogens with one attached hydrogen (secondary N) is 3. The molecule has 12 heteroatoms. The van der Waals surface area contributed by atoms with Gasteiger partial charge in [-0.1, -0.05) is 136 Å². The van der Waals surface area contributed by atoms with E-state index in [4.69, 9.17) is 17.2 Å². The molecule has 0 aromatic heterocycles. The van der Waals surface area contributed by atoms with Crippen LogP contribution in [0.5, 0.6) is 0 Å². The average molecular weight is 912 g/mol. The predicted octanol–water partition coefficient (Wildman–Crippen LogP) is 9.63. The minimum Gasteiger partial charge on any atom is -0.356 e. The molecule has 12 nitrogen and oxygen atoms in total. The molecule has 0 atom stereocenters. The summed E-state index contributed by atoms with van der Waals surface area (Å²) in [6.45, 7) is 16.8. The van der Waals surface area contributed by atoms with Crippen molar-refractivity contribution in [1.29, 1.82) is 0 Å². The Hall–Kier alpha value is -2.24. The Bertz CT molecular complexity index is 1160. The first kappa shape index (κ1) is 57.1. The number of rotatable bonds is 12. The quantitative estimate of drug-likeness (QED) is 0.0831. The Kier molecular flexibility index (Phi) is 34.9. The first-order valence-corrected chi connectivity index (χ1v) is 28.1. The molecule has 0 aromatic carbocycles. The molecular formula is C53H106N12. The van der Waals surface area contributed by atoms with Crippen molar-refractivity contribution in [2.75, 3.05) is 78.5 Å². The van der Waals surface area contributed by atoms with Crippen LogP contribution in [0.1, 0.15) is 213 Å². The summed E-state index contributed by atoms with van der Waals surface area (Å²) in [5.41, 5.74) is 16.1. The summed E-state index contributed by atoms with van der Waals surface area (Å²) in [6.07, 6.45) is 41.7. The Labute approximate surface area is 400 Å². The van der Waals surface area contributed by atoms with Gasteiger partial charge in [0.25, 0.3) is 0 Å². The molecule has 0 radical (unpaired) electrons. The zero-order valence-electron chi connectivity index (χ0n) is 42.7. The summed E-state index contributed by atoms with van der Waals surface area (Å²) >= 11 is 0. The molecule has 3 heterocycles. The van der Waals surface area contributed by atoms with Crippen molar-refractivity contribution in [3.63, 3.8) is 0 Å². The maximum atomic E-state index is 5.59. The van der Waals surface area contributed by atoms with Crippen LogP contribution in [-0.2, 0) is 0 Å². The maximum absolute atomic E-state index is 5.59. The third-order valence-electron chi connectivity index (χ3n) is 14.3. The summed E-state index contributed by atoms with van der Waals surface area (Å²) in [6, 6.07) is 4.70. The van der Waals surface area contributed by atoms with Gasteiger partial charge in [-0.15, -0.1) is 0 Å². The Morgan fingerprint density at radius 2 is 1.02 bits per heavy atom. The molecule has 9 N–H and O–H groups in total. The van der Waals surface area contributed by atoms with E-state index in [1.807, 2.05) is 0 Å². The lowest BCUT2D eigenvalue weighted by molar-refractivity contribution is 0.346. The molecular weight excluding hydrogens is 805 g/mol. The van der Waals surface area contributed by atoms with Gasteiger partial charge in [0, 0.05) is 51.9 Å². The summed E-state index contributed by atoms with van der Waals surface area (Å²) in [5, 5.41) is 10.2. The van der Waals surface area contributed by atoms with E-state index in [0.717, 1.165) is 108 Å². The van der Waals surface area contributed by atoms with Gasteiger partial charge in [0.1, 0.15) is 0 Å². The van der Waals surface area contributed by atoms with Crippen molar-refractivity contribution in [2.45, 2.75) is 231 Å². The minimum atomic E-state index is 0.533. The van der Waals surface area contributed by atoms with E-state index in [9.17, 15) is 0 Å². The van der Waals surface area contributed by atoms with Gasteiger partial charge >= 0.3 is 0 Å². The van der Waals surface area contributed by atoms with Crippen LogP contribution in [0, 0.1) is 11.8 Å². The molecule has 0 spiro atoms. The monoisotopic (exact) mass is 911 g/mol. The molecule has 0 aromatic rings. The van der Waals surface area contributed by atoms with Crippen molar-refractivity contribution >= 4 is 17.9 Å². The first-order chi connectivity index (χ1) is 32.0. The van der Waals surface area contributed by atoms with Crippen molar-refractivity contribution in [1.82, 2.24) is 25.8 Å². The number of nitrogens with two attached hydrogens (primary N) is 3. The predicted molar refractivity (Wildman–Crippen MR) is 282 cm³/mol. The molecule has 65 heavy (non-hydrogen) atoms. The highest BCUT2D eigenvalue weighted by Crippen LogP contribution is 2.24. The number of guanidine groups is 2. The Morgan fingerprint density at radius 3 is 1.49 bits per heavy atom. The Balaban J connectivity index is 0.000000214. The van der Waals surface area contributed by atoms with Crippen LogP contribution in [0.15, 0.2) is 20.0 Å². The third-order valence-corrected chi connectivity index (χ3v) is 14.3. The molecule has 0 amide bonds. The number of fused-ring (bicyclic) bond motifs is 1. The molecule has 3 aliphatic heterocycles. The fourth-order valence-corrected chi connectivity index (χ4v) is 10.0. The van der Waals surface area contributed by atoms with E-state index >= 15 is 0 Å². The molecule has 8 aliphatic rings. The molecule has 5 aliphatic carbocycles. The van der Waals surface area contributed by atoms with Gasteiger partial charge < -0.3 is 43.0 Å². The van der Waals surface area contributed by atoms with Crippen LogP contribution < -0.4 is 33.2 Å². The van der Waals surface area contributed by atoms with E-state index < -0.39 is 0 Å². The molecule has 0 unspecified atom stereocenters. The van der Waals surface area contributed by atoms with E-state index in [-0.39, 0.29) is 0 Å². The smallest absolute Gasteiger partial charge is 0.194 e. The highest BCUT2D eigenvalue weighted by molar-refractivity contribution is 5.81. The molecule has 8 rings (SSSR count). The number of hydrogen-bond donors (Lipinski definition) is 6. The van der Waals surface area contributed by atoms with Crippen LogP contribution in [0.2, 0.25) is 0 Å². The van der Waals surface area contributed by atoms with Gasteiger partial charge in [0.15, 0.2) is 11.9 Å². The summed E-state index contributed by atoms with van der Waals surface area (Å²) in [4.78, 5) is 22.7. The van der Waals surface area contributed by atoms with Crippen molar-refractivity contribution in [3.05, 3.63) is 0 Å². The fourth-order valence-electron chi connectivity index (χ4n) is 10.0. The number of hydrogen-bond acceptors (Lipinski definition) is 12. The zero-order valence-corrected chi connectivity index (χ0v) is 42.7. The van der Waals surface area contributed by atoms with Crippen LogP contribution in [0.3, 0.4) is 0 Å². The fraction of sp³-hybridized carbons (Fsp3) is 0.943. The van der Waals surface area contributed by atoms with Gasteiger partial charge in [-0.25, -0.2) is 9.98 Å². The highest BCUT2D eigenvalue weighted by atomic mass is 15.3. The van der Waals surface area contributed by atoms with E-state index in [0.29, 0.717) is 18.1 Å². The van der Waals surface area contributed by atoms with E-state index in [1.165, 1.54) is 193 Å². The Morgan fingerprint density at radius 1 is 0.554 bits per heavy atom. The second-order valence-electron chi connectivity index (χ2n) is 20.5. The molecule has 5 saturated carbocycles. The normalized spacial score (nSPS) is 22.2. The molecule has 0 bridgehead atoms. The van der Waals surface area contributed by atoms with Crippen molar-refractivity contribution in [3.8, 4) is 0 Å². The minimum absolute atomic E-state index is 0.533. The maximum Gasteiger partial charge on any atom is 0.194 e. The second kappa shape index (κ2) is 39.7. The van der Waals surface area contributed by atoms with Gasteiger partial charge in [0.2, 0.25) is 0 Å². The zero-order chi connectivity index (χ0) is 46.3. The van der Waals surface area contributed by atoms with Gasteiger partial charge in [-0.3, -0.25) is 9.98 Å². The van der Waals surface area contributed by atoms with Gasteiger partial charge in [-0.2, -0.15) is 0 Å². The first-order valence-electron chi connectivity index (χ1n) is 28.1. The van der Waals surface area contributed by atoms with Crippen LogP contribution >= 0.6 is 0 Å². The summed E-state index contributed by atoms with van der Waals surface area (Å²) in [5.74, 6) is 4.34. The van der Waals surface area contributed by atoms with Crippen molar-refractivity contribution < 1.29 is 0 Å². The second-order valence-corrected chi connectivity index (χ2v) is 20.5. The lowest BCUT2D eigenvalue weighted by atomic mass is 9.91. The standard InChI is InChI=1S/C13H26N4.C13H22N2.C7H13N3.2C7H14.C6H17N3/c14-8-4-10-17-11-5-9-15-13(17)16-12-6-2-1-3-7-12;1-3-7-12(8-4-1)14-11-15-13-9-5-2-6-10-13;1-3-8-7-9-4-2-6-10(7)5-1;2*1-7-5-3-2-4-6-7;7-3-1-5-9-6-2-4-8/h12H,1-11,14H2,(H,15,16);12-13H,1-10H2;1-6H2,(H,8,9);2*7H,2-6H2,1H3;9H,1-8H2. The van der Waals surface area contributed by atoms with Gasteiger partial charge in [-0.05, 0) is 122 Å². The highest BCUT2D eigenvalue weighted by Gasteiger charge is 2.21. The number of nitrogens with zero attached hydrogens (tertiary/aromatic N) is 6. The molecule has 6 fully saturated rings. The third kappa shape index (κ3) is 29.3. The van der Waals surface area contributed by atoms with E-state index in [2.05, 4.69) is 65.6 Å². The van der Waals surface area contributed by atoms with E-state index in [1.54, 1.807) is 0 Å². The topological polar surface area (TPSA) is 170 Å².